The molecule has 0 unspecified atom stereocenters. The Hall–Kier alpha value is -2.09. The first-order chi connectivity index (χ1) is 12.0. The summed E-state index contributed by atoms with van der Waals surface area (Å²) >= 11 is 13.3. The summed E-state index contributed by atoms with van der Waals surface area (Å²) in [5.74, 6) is -0.0162. The second-order valence-corrected chi connectivity index (χ2v) is 6.94. The van der Waals surface area contributed by atoms with Gasteiger partial charge in [0.15, 0.2) is 0 Å². The van der Waals surface area contributed by atoms with Gasteiger partial charge in [-0.15, -0.1) is 5.10 Å². The van der Waals surface area contributed by atoms with Crippen molar-refractivity contribution in [2.24, 2.45) is 0 Å². The smallest absolute Gasteiger partial charge is 0.234 e. The summed E-state index contributed by atoms with van der Waals surface area (Å²) in [4.78, 5) is 12.1. The Balaban J connectivity index is 1.65. The molecule has 3 rings (SSSR count). The van der Waals surface area contributed by atoms with Crippen molar-refractivity contribution in [1.82, 2.24) is 20.2 Å². The fraction of sp³-hybridized carbons (Fsp3) is 0.125. The molecule has 0 aliphatic heterocycles. The van der Waals surface area contributed by atoms with Gasteiger partial charge in [-0.2, -0.15) is 4.68 Å². The first kappa shape index (κ1) is 17.7. The maximum atomic E-state index is 12.1. The van der Waals surface area contributed by atoms with E-state index in [0.717, 1.165) is 11.3 Å². The third kappa shape index (κ3) is 4.50. The minimum atomic E-state index is -0.175. The lowest BCUT2D eigenvalue weighted by Crippen LogP contribution is -2.14. The minimum absolute atomic E-state index is 0.159. The number of hydrogen-bond donors (Lipinski definition) is 1. The van der Waals surface area contributed by atoms with E-state index in [9.17, 15) is 4.79 Å². The quantitative estimate of drug-likeness (QED) is 0.662. The molecule has 0 radical (unpaired) electrons. The fourth-order valence-corrected chi connectivity index (χ4v) is 3.09. The molecule has 0 saturated heterocycles. The molecule has 3 aromatic rings. The van der Waals surface area contributed by atoms with Crippen LogP contribution in [0.15, 0.2) is 47.6 Å². The molecule has 0 atom stereocenters. The first-order valence-electron chi connectivity index (χ1n) is 7.26. The van der Waals surface area contributed by atoms with E-state index < -0.39 is 0 Å². The summed E-state index contributed by atoms with van der Waals surface area (Å²) in [5.41, 5.74) is 2.33. The van der Waals surface area contributed by atoms with Gasteiger partial charge in [-0.3, -0.25) is 4.79 Å². The number of nitrogens with one attached hydrogen (secondary N) is 1. The van der Waals surface area contributed by atoms with Crippen LogP contribution in [-0.4, -0.2) is 31.9 Å². The van der Waals surface area contributed by atoms with Crippen molar-refractivity contribution in [3.63, 3.8) is 0 Å². The van der Waals surface area contributed by atoms with Crippen LogP contribution in [0.5, 0.6) is 0 Å². The van der Waals surface area contributed by atoms with Crippen LogP contribution in [0.3, 0.4) is 0 Å². The van der Waals surface area contributed by atoms with Crippen molar-refractivity contribution >= 4 is 46.6 Å². The summed E-state index contributed by atoms with van der Waals surface area (Å²) in [6, 6.07) is 12.5. The number of halogens is 2. The van der Waals surface area contributed by atoms with Gasteiger partial charge in [-0.05, 0) is 53.2 Å². The average Bonchev–Trinajstić information content (AvgIpc) is 3.05. The van der Waals surface area contributed by atoms with Gasteiger partial charge >= 0.3 is 0 Å². The number of aryl methyl sites for hydroxylation is 1. The fourth-order valence-electron chi connectivity index (χ4n) is 2.04. The predicted molar refractivity (Wildman–Crippen MR) is 99.7 cm³/mol. The van der Waals surface area contributed by atoms with Crippen LogP contribution >= 0.6 is 35.0 Å². The summed E-state index contributed by atoms with van der Waals surface area (Å²) in [5, 5.41) is 16.0. The second-order valence-electron chi connectivity index (χ2n) is 5.15. The van der Waals surface area contributed by atoms with Crippen LogP contribution in [0.4, 0.5) is 5.69 Å². The van der Waals surface area contributed by atoms with Crippen LogP contribution in [0.1, 0.15) is 5.56 Å². The Morgan fingerprint density at radius 1 is 1.24 bits per heavy atom. The number of hydrogen-bond acceptors (Lipinski definition) is 5. The van der Waals surface area contributed by atoms with Gasteiger partial charge < -0.3 is 5.32 Å². The molecule has 1 N–H and O–H groups in total. The molecule has 6 nitrogen and oxygen atoms in total. The monoisotopic (exact) mass is 393 g/mol. The average molecular weight is 394 g/mol. The van der Waals surface area contributed by atoms with Crippen LogP contribution in [0.2, 0.25) is 10.0 Å². The number of anilines is 1. The molecule has 0 spiro atoms. The highest BCUT2D eigenvalue weighted by Gasteiger charge is 2.12. The van der Waals surface area contributed by atoms with E-state index in [0.29, 0.717) is 20.9 Å². The van der Waals surface area contributed by atoms with Crippen LogP contribution in [0, 0.1) is 6.92 Å². The molecule has 25 heavy (non-hydrogen) atoms. The zero-order chi connectivity index (χ0) is 17.8. The lowest BCUT2D eigenvalue weighted by atomic mass is 10.2. The highest BCUT2D eigenvalue weighted by Crippen LogP contribution is 2.22. The Bertz CT molecular complexity index is 915. The van der Waals surface area contributed by atoms with E-state index >= 15 is 0 Å². The molecule has 1 amide bonds. The number of thioether (sulfide) groups is 1. The van der Waals surface area contributed by atoms with Crippen LogP contribution < -0.4 is 5.32 Å². The van der Waals surface area contributed by atoms with Gasteiger partial charge in [0.05, 0.1) is 11.4 Å². The van der Waals surface area contributed by atoms with Crippen molar-refractivity contribution in [3.8, 4) is 5.69 Å². The lowest BCUT2D eigenvalue weighted by Gasteiger charge is -2.07. The number of carbonyl (C=O) groups excluding carboxylic acids is 1. The van der Waals surface area contributed by atoms with E-state index in [2.05, 4.69) is 20.8 Å². The molecule has 1 heterocycles. The summed E-state index contributed by atoms with van der Waals surface area (Å²) in [7, 11) is 0. The third-order valence-electron chi connectivity index (χ3n) is 3.28. The molecule has 0 aliphatic rings. The first-order valence-corrected chi connectivity index (χ1v) is 9.00. The van der Waals surface area contributed by atoms with Gasteiger partial charge in [-0.25, -0.2) is 0 Å². The lowest BCUT2D eigenvalue weighted by molar-refractivity contribution is -0.113. The maximum Gasteiger partial charge on any atom is 0.234 e. The zero-order valence-corrected chi connectivity index (χ0v) is 15.4. The maximum absolute atomic E-state index is 12.1. The van der Waals surface area contributed by atoms with E-state index in [1.54, 1.807) is 24.3 Å². The Morgan fingerprint density at radius 3 is 2.84 bits per heavy atom. The molecule has 0 saturated carbocycles. The summed E-state index contributed by atoms with van der Waals surface area (Å²) < 4.78 is 1.53. The van der Waals surface area contributed by atoms with E-state index in [-0.39, 0.29) is 11.7 Å². The Labute approximate surface area is 158 Å². The molecule has 0 fully saturated rings. The molecular weight excluding hydrogens is 381 g/mol. The number of aromatic nitrogens is 4. The number of rotatable bonds is 5. The van der Waals surface area contributed by atoms with Crippen LogP contribution in [0.25, 0.3) is 5.69 Å². The molecular formula is C16H13Cl2N5OS. The van der Waals surface area contributed by atoms with Crippen LogP contribution in [-0.2, 0) is 4.79 Å². The van der Waals surface area contributed by atoms with Gasteiger partial charge in [0, 0.05) is 15.7 Å². The number of nitrogens with zero attached hydrogens (tertiary/aromatic N) is 4. The largest absolute Gasteiger partial charge is 0.325 e. The SMILES string of the molecule is Cc1ccc(NC(=O)CSc2nnnn2-c2cccc(Cl)c2)cc1Cl. The predicted octanol–water partition coefficient (Wildman–Crippen LogP) is 4.01. The molecule has 1 aromatic heterocycles. The van der Waals surface area contributed by atoms with Crippen molar-refractivity contribution < 1.29 is 4.79 Å². The highest BCUT2D eigenvalue weighted by molar-refractivity contribution is 7.99. The number of amides is 1. The molecule has 9 heteroatoms. The van der Waals surface area contributed by atoms with E-state index in [1.165, 1.54) is 16.4 Å². The van der Waals surface area contributed by atoms with Gasteiger partial charge in [0.2, 0.25) is 11.1 Å². The van der Waals surface area contributed by atoms with Crippen molar-refractivity contribution in [2.75, 3.05) is 11.1 Å². The minimum Gasteiger partial charge on any atom is -0.325 e. The van der Waals surface area contributed by atoms with Gasteiger partial charge in [-0.1, -0.05) is 47.1 Å². The molecule has 0 aliphatic carbocycles. The van der Waals surface area contributed by atoms with E-state index in [1.807, 2.05) is 25.1 Å². The van der Waals surface area contributed by atoms with Gasteiger partial charge in [0.1, 0.15) is 0 Å². The summed E-state index contributed by atoms with van der Waals surface area (Å²) in [6.45, 7) is 1.90. The van der Waals surface area contributed by atoms with Gasteiger partial charge in [0.25, 0.3) is 0 Å². The Kier molecular flexibility index (Phi) is 5.57. The van der Waals surface area contributed by atoms with Crippen molar-refractivity contribution in [1.29, 1.82) is 0 Å². The molecule has 128 valence electrons. The molecule has 0 bridgehead atoms. The molecule has 2 aromatic carbocycles. The van der Waals surface area contributed by atoms with E-state index in [4.69, 9.17) is 23.2 Å². The number of carbonyl (C=O) groups is 1. The number of tetrazole rings is 1. The normalized spacial score (nSPS) is 10.7. The summed E-state index contributed by atoms with van der Waals surface area (Å²) in [6.07, 6.45) is 0. The van der Waals surface area contributed by atoms with Crippen molar-refractivity contribution in [3.05, 3.63) is 58.1 Å². The second kappa shape index (κ2) is 7.86. The topological polar surface area (TPSA) is 72.7 Å². The van der Waals surface area contributed by atoms with Crippen molar-refractivity contribution in [2.45, 2.75) is 12.1 Å². The highest BCUT2D eigenvalue weighted by atomic mass is 35.5. The number of benzene rings is 2. The Morgan fingerprint density at radius 2 is 2.08 bits per heavy atom. The standard InChI is InChI=1S/C16H13Cl2N5OS/c1-10-5-6-12(8-14(10)18)19-15(24)9-25-16-20-21-22-23(16)13-4-2-3-11(17)7-13/h2-8H,9H2,1H3,(H,19,24). The zero-order valence-electron chi connectivity index (χ0n) is 13.1. The third-order valence-corrected chi connectivity index (χ3v) is 4.84.